The van der Waals surface area contributed by atoms with Crippen molar-refractivity contribution in [1.82, 2.24) is 0 Å². The molecule has 0 fully saturated rings. The standard InChI is InChI=1S/C22H35F2NO3/c1-22(23,24)15-8-6-4-2-3-5-7-9-16-25-20-13-11-19(12-14-20)21(27)28-18-10-17-26/h11-14,25-26H,2-10,15-18H2,1H3. The van der Waals surface area contributed by atoms with Crippen molar-refractivity contribution in [3.8, 4) is 0 Å². The number of esters is 1. The van der Waals surface area contributed by atoms with Gasteiger partial charge in [-0.15, -0.1) is 0 Å². The van der Waals surface area contributed by atoms with Gasteiger partial charge in [0, 0.05) is 31.7 Å². The molecule has 0 spiro atoms. The highest BCUT2D eigenvalue weighted by molar-refractivity contribution is 5.89. The van der Waals surface area contributed by atoms with Crippen LogP contribution in [0.4, 0.5) is 14.5 Å². The number of nitrogens with one attached hydrogen (secondary N) is 1. The summed E-state index contributed by atoms with van der Waals surface area (Å²) >= 11 is 0. The number of hydrogen-bond donors (Lipinski definition) is 2. The number of unbranched alkanes of at least 4 members (excludes halogenated alkanes) is 7. The first-order chi connectivity index (χ1) is 13.4. The number of alkyl halides is 2. The van der Waals surface area contributed by atoms with Gasteiger partial charge < -0.3 is 15.2 Å². The Labute approximate surface area is 167 Å². The van der Waals surface area contributed by atoms with E-state index in [1.807, 2.05) is 12.1 Å². The third-order valence-electron chi connectivity index (χ3n) is 4.53. The van der Waals surface area contributed by atoms with Crippen LogP contribution in [-0.2, 0) is 4.74 Å². The van der Waals surface area contributed by atoms with Crippen molar-refractivity contribution in [2.24, 2.45) is 0 Å². The first-order valence-electron chi connectivity index (χ1n) is 10.4. The molecule has 0 unspecified atom stereocenters. The normalized spacial score (nSPS) is 11.4. The predicted octanol–water partition coefficient (Wildman–Crippen LogP) is 5.80. The molecule has 0 aliphatic heterocycles. The van der Waals surface area contributed by atoms with Crippen molar-refractivity contribution in [3.63, 3.8) is 0 Å². The summed E-state index contributed by atoms with van der Waals surface area (Å²) < 4.78 is 30.4. The topological polar surface area (TPSA) is 58.6 Å². The van der Waals surface area contributed by atoms with E-state index in [-0.39, 0.29) is 25.6 Å². The van der Waals surface area contributed by atoms with Crippen LogP contribution < -0.4 is 5.32 Å². The van der Waals surface area contributed by atoms with Crippen LogP contribution in [0.3, 0.4) is 0 Å². The van der Waals surface area contributed by atoms with E-state index < -0.39 is 5.92 Å². The van der Waals surface area contributed by atoms with E-state index in [9.17, 15) is 13.6 Å². The molecule has 0 aliphatic carbocycles. The maximum atomic E-state index is 12.7. The number of hydrogen-bond acceptors (Lipinski definition) is 4. The number of ether oxygens (including phenoxy) is 1. The second kappa shape index (κ2) is 14.3. The molecule has 0 saturated carbocycles. The van der Waals surface area contributed by atoms with E-state index in [1.54, 1.807) is 12.1 Å². The summed E-state index contributed by atoms with van der Waals surface area (Å²) in [5.41, 5.74) is 1.48. The monoisotopic (exact) mass is 399 g/mol. The van der Waals surface area contributed by atoms with Crippen LogP contribution in [-0.4, -0.2) is 36.8 Å². The quantitative estimate of drug-likeness (QED) is 0.272. The average Bonchev–Trinajstić information content (AvgIpc) is 2.66. The lowest BCUT2D eigenvalue weighted by molar-refractivity contribution is 0.0103. The maximum absolute atomic E-state index is 12.7. The SMILES string of the molecule is CC(F)(F)CCCCCCCCCCNc1ccc(C(=O)OCCCO)cc1. The van der Waals surface area contributed by atoms with Gasteiger partial charge in [-0.05, 0) is 44.0 Å². The van der Waals surface area contributed by atoms with Crippen molar-refractivity contribution in [2.45, 2.75) is 77.1 Å². The zero-order chi connectivity index (χ0) is 20.7. The van der Waals surface area contributed by atoms with Gasteiger partial charge in [0.2, 0.25) is 5.92 Å². The van der Waals surface area contributed by atoms with Crippen LogP contribution in [0.25, 0.3) is 0 Å². The molecule has 1 aromatic rings. The minimum Gasteiger partial charge on any atom is -0.462 e. The molecule has 0 heterocycles. The average molecular weight is 400 g/mol. The van der Waals surface area contributed by atoms with Crippen LogP contribution in [0.15, 0.2) is 24.3 Å². The van der Waals surface area contributed by atoms with Gasteiger partial charge in [-0.1, -0.05) is 38.5 Å². The third kappa shape index (κ3) is 12.7. The van der Waals surface area contributed by atoms with Crippen molar-refractivity contribution < 1.29 is 23.4 Å². The first kappa shape index (κ1) is 24.3. The Morgan fingerprint density at radius 1 is 0.964 bits per heavy atom. The molecule has 0 atom stereocenters. The van der Waals surface area contributed by atoms with E-state index in [0.717, 1.165) is 57.7 Å². The Hall–Kier alpha value is -1.69. The number of rotatable bonds is 16. The summed E-state index contributed by atoms with van der Waals surface area (Å²) in [6.45, 7) is 2.11. The zero-order valence-corrected chi connectivity index (χ0v) is 17.0. The number of carbonyl (C=O) groups is 1. The van der Waals surface area contributed by atoms with E-state index in [2.05, 4.69) is 5.32 Å². The molecule has 160 valence electrons. The van der Waals surface area contributed by atoms with Gasteiger partial charge in [-0.3, -0.25) is 0 Å². The summed E-state index contributed by atoms with van der Waals surface area (Å²) in [6.07, 6.45) is 8.69. The largest absolute Gasteiger partial charge is 0.462 e. The fourth-order valence-corrected chi connectivity index (χ4v) is 2.89. The molecule has 4 nitrogen and oxygen atoms in total. The summed E-state index contributed by atoms with van der Waals surface area (Å²) in [4.78, 5) is 11.8. The molecule has 0 aromatic heterocycles. The van der Waals surface area contributed by atoms with Crippen LogP contribution in [0.5, 0.6) is 0 Å². The number of halogens is 2. The zero-order valence-electron chi connectivity index (χ0n) is 17.0. The van der Waals surface area contributed by atoms with E-state index in [1.165, 1.54) is 6.42 Å². The fraction of sp³-hybridized carbons (Fsp3) is 0.682. The van der Waals surface area contributed by atoms with Crippen LogP contribution in [0.1, 0.15) is 81.5 Å². The van der Waals surface area contributed by atoms with E-state index in [4.69, 9.17) is 9.84 Å². The van der Waals surface area contributed by atoms with Gasteiger partial charge in [0.1, 0.15) is 0 Å². The van der Waals surface area contributed by atoms with E-state index >= 15 is 0 Å². The number of aliphatic hydroxyl groups excluding tert-OH is 1. The molecular formula is C22H35F2NO3. The highest BCUT2D eigenvalue weighted by atomic mass is 19.3. The molecule has 0 amide bonds. The lowest BCUT2D eigenvalue weighted by Gasteiger charge is -2.09. The van der Waals surface area contributed by atoms with Gasteiger partial charge in [-0.25, -0.2) is 13.6 Å². The number of benzene rings is 1. The van der Waals surface area contributed by atoms with Crippen LogP contribution in [0, 0.1) is 0 Å². The minimum atomic E-state index is -2.52. The number of anilines is 1. The minimum absolute atomic E-state index is 0.00451. The van der Waals surface area contributed by atoms with Crippen molar-refractivity contribution in [3.05, 3.63) is 29.8 Å². The molecule has 1 rings (SSSR count). The van der Waals surface area contributed by atoms with Crippen LogP contribution >= 0.6 is 0 Å². The van der Waals surface area contributed by atoms with Gasteiger partial charge >= 0.3 is 5.97 Å². The lowest BCUT2D eigenvalue weighted by atomic mass is 10.1. The second-order valence-corrected chi connectivity index (χ2v) is 7.37. The fourth-order valence-electron chi connectivity index (χ4n) is 2.89. The Bertz CT molecular complexity index is 530. The van der Waals surface area contributed by atoms with E-state index in [0.29, 0.717) is 18.4 Å². The summed E-state index contributed by atoms with van der Waals surface area (Å²) in [5.74, 6) is -2.89. The van der Waals surface area contributed by atoms with Crippen molar-refractivity contribution >= 4 is 11.7 Å². The smallest absolute Gasteiger partial charge is 0.338 e. The Balaban J connectivity index is 2.01. The molecule has 0 saturated heterocycles. The van der Waals surface area contributed by atoms with Crippen molar-refractivity contribution in [2.75, 3.05) is 25.1 Å². The van der Waals surface area contributed by atoms with Gasteiger partial charge in [0.05, 0.1) is 12.2 Å². The first-order valence-corrected chi connectivity index (χ1v) is 10.4. The number of carbonyl (C=O) groups excluding carboxylic acids is 1. The molecule has 2 N–H and O–H groups in total. The molecule has 6 heteroatoms. The summed E-state index contributed by atoms with van der Waals surface area (Å²) in [5, 5.41) is 12.0. The van der Waals surface area contributed by atoms with Gasteiger partial charge in [-0.2, -0.15) is 0 Å². The van der Waals surface area contributed by atoms with Gasteiger partial charge in [0.15, 0.2) is 0 Å². The lowest BCUT2D eigenvalue weighted by Crippen LogP contribution is -2.08. The maximum Gasteiger partial charge on any atom is 0.338 e. The van der Waals surface area contributed by atoms with Crippen LogP contribution in [0.2, 0.25) is 0 Å². The molecule has 0 bridgehead atoms. The Kier molecular flexibility index (Phi) is 12.5. The van der Waals surface area contributed by atoms with Gasteiger partial charge in [0.25, 0.3) is 0 Å². The molecule has 0 radical (unpaired) electrons. The summed E-state index contributed by atoms with van der Waals surface area (Å²) in [7, 11) is 0. The molecule has 1 aromatic carbocycles. The second-order valence-electron chi connectivity index (χ2n) is 7.37. The molecule has 0 aliphatic rings. The molecule has 28 heavy (non-hydrogen) atoms. The number of aliphatic hydroxyl groups is 1. The third-order valence-corrected chi connectivity index (χ3v) is 4.53. The highest BCUT2D eigenvalue weighted by Crippen LogP contribution is 2.21. The van der Waals surface area contributed by atoms with Crippen molar-refractivity contribution in [1.29, 1.82) is 0 Å². The Morgan fingerprint density at radius 3 is 2.11 bits per heavy atom. The molecular weight excluding hydrogens is 364 g/mol. The highest BCUT2D eigenvalue weighted by Gasteiger charge is 2.19. The predicted molar refractivity (Wildman–Crippen MR) is 109 cm³/mol. The Morgan fingerprint density at radius 2 is 1.54 bits per heavy atom. The summed E-state index contributed by atoms with van der Waals surface area (Å²) in [6, 6.07) is 7.20.